The van der Waals surface area contributed by atoms with Crippen LogP contribution in [0.4, 0.5) is 0 Å². The molecular formula is C18H21ClN4O2S. The third kappa shape index (κ3) is 3.68. The molecule has 0 amide bonds. The number of thiocarbonyl (C=S) groups is 1. The minimum atomic E-state index is -0.410. The van der Waals surface area contributed by atoms with Crippen LogP contribution in [-0.2, 0) is 17.7 Å². The highest BCUT2D eigenvalue weighted by molar-refractivity contribution is 7.80. The van der Waals surface area contributed by atoms with Crippen molar-refractivity contribution in [3.8, 4) is 5.69 Å². The smallest absolute Gasteiger partial charge is 0.359 e. The van der Waals surface area contributed by atoms with Crippen LogP contribution in [0.3, 0.4) is 0 Å². The lowest BCUT2D eigenvalue weighted by Gasteiger charge is -2.30. The zero-order chi connectivity index (χ0) is 18.7. The van der Waals surface area contributed by atoms with Gasteiger partial charge in [0, 0.05) is 36.6 Å². The molecule has 0 radical (unpaired) electrons. The summed E-state index contributed by atoms with van der Waals surface area (Å²) in [5.41, 5.74) is 3.08. The van der Waals surface area contributed by atoms with Crippen LogP contribution in [-0.4, -0.2) is 45.5 Å². The highest BCUT2D eigenvalue weighted by Gasteiger charge is 2.30. The molecule has 0 fully saturated rings. The highest BCUT2D eigenvalue weighted by atomic mass is 35.5. The van der Waals surface area contributed by atoms with Gasteiger partial charge in [-0.05, 0) is 50.3 Å². The number of nitrogens with zero attached hydrogens (tertiary/aromatic N) is 3. The summed E-state index contributed by atoms with van der Waals surface area (Å²) >= 11 is 11.4. The molecule has 1 aromatic heterocycles. The Balaban J connectivity index is 2.01. The molecule has 0 spiro atoms. The first kappa shape index (κ1) is 18.7. The Hall–Kier alpha value is -2.12. The summed E-state index contributed by atoms with van der Waals surface area (Å²) in [7, 11) is 0. The van der Waals surface area contributed by atoms with Crippen molar-refractivity contribution in [3.63, 3.8) is 0 Å². The topological polar surface area (TPSA) is 59.4 Å². The number of carbonyl (C=O) groups is 1. The lowest BCUT2D eigenvalue weighted by atomic mass is 10.1. The van der Waals surface area contributed by atoms with E-state index in [-0.39, 0.29) is 0 Å². The Morgan fingerprint density at radius 3 is 2.73 bits per heavy atom. The van der Waals surface area contributed by atoms with E-state index in [4.69, 9.17) is 28.6 Å². The lowest BCUT2D eigenvalue weighted by molar-refractivity contribution is 0.0517. The van der Waals surface area contributed by atoms with E-state index in [0.717, 1.165) is 36.5 Å². The number of esters is 1. The first-order valence-electron chi connectivity index (χ1n) is 8.61. The van der Waals surface area contributed by atoms with Gasteiger partial charge in [-0.15, -0.1) is 0 Å². The van der Waals surface area contributed by atoms with E-state index >= 15 is 0 Å². The number of ether oxygens (including phenoxy) is 1. The van der Waals surface area contributed by atoms with Crippen molar-refractivity contribution in [2.45, 2.75) is 26.8 Å². The largest absolute Gasteiger partial charge is 0.461 e. The highest BCUT2D eigenvalue weighted by Crippen LogP contribution is 2.26. The van der Waals surface area contributed by atoms with Gasteiger partial charge < -0.3 is 15.0 Å². The average Bonchev–Trinajstić information content (AvgIpc) is 3.02. The standard InChI is InChI=1S/C18H21ClN4O2S/c1-3-20-18(26)22-10-9-15-14(11-22)16(17(24)25-4-2)21-23(15)13-7-5-12(19)6-8-13/h5-8H,3-4,9-11H2,1-2H3,(H,20,26). The molecule has 1 N–H and O–H groups in total. The van der Waals surface area contributed by atoms with Crippen LogP contribution in [0.2, 0.25) is 5.02 Å². The van der Waals surface area contributed by atoms with Gasteiger partial charge in [0.1, 0.15) is 0 Å². The molecule has 6 nitrogen and oxygen atoms in total. The number of halogens is 1. The van der Waals surface area contributed by atoms with Crippen LogP contribution in [0.1, 0.15) is 35.6 Å². The number of hydrogen-bond donors (Lipinski definition) is 1. The minimum Gasteiger partial charge on any atom is -0.461 e. The molecule has 0 atom stereocenters. The third-order valence-corrected chi connectivity index (χ3v) is 4.87. The molecule has 0 saturated heterocycles. The Morgan fingerprint density at radius 2 is 2.08 bits per heavy atom. The summed E-state index contributed by atoms with van der Waals surface area (Å²) in [5, 5.41) is 9.07. The van der Waals surface area contributed by atoms with E-state index in [1.807, 2.05) is 35.9 Å². The summed E-state index contributed by atoms with van der Waals surface area (Å²) in [6.07, 6.45) is 0.732. The Morgan fingerprint density at radius 1 is 1.35 bits per heavy atom. The van der Waals surface area contributed by atoms with E-state index in [9.17, 15) is 4.79 Å². The first-order chi connectivity index (χ1) is 12.5. The number of nitrogens with one attached hydrogen (secondary N) is 1. The zero-order valence-corrected chi connectivity index (χ0v) is 16.4. The molecule has 2 aromatic rings. The molecule has 26 heavy (non-hydrogen) atoms. The second-order valence-electron chi connectivity index (χ2n) is 5.89. The monoisotopic (exact) mass is 392 g/mol. The maximum atomic E-state index is 12.4. The van der Waals surface area contributed by atoms with Gasteiger partial charge in [-0.1, -0.05) is 11.6 Å². The molecule has 0 saturated carbocycles. The van der Waals surface area contributed by atoms with E-state index in [1.165, 1.54) is 0 Å². The minimum absolute atomic E-state index is 0.306. The van der Waals surface area contributed by atoms with E-state index in [0.29, 0.717) is 29.0 Å². The summed E-state index contributed by atoms with van der Waals surface area (Å²) in [4.78, 5) is 14.5. The van der Waals surface area contributed by atoms with Gasteiger partial charge in [0.2, 0.25) is 0 Å². The normalized spacial score (nSPS) is 13.3. The van der Waals surface area contributed by atoms with E-state index < -0.39 is 5.97 Å². The summed E-state index contributed by atoms with van der Waals surface area (Å²) in [6, 6.07) is 7.40. The van der Waals surface area contributed by atoms with Crippen LogP contribution in [0, 0.1) is 0 Å². The van der Waals surface area contributed by atoms with Gasteiger partial charge in [-0.2, -0.15) is 5.10 Å². The van der Waals surface area contributed by atoms with Crippen molar-refractivity contribution in [2.75, 3.05) is 19.7 Å². The third-order valence-electron chi connectivity index (χ3n) is 4.21. The van der Waals surface area contributed by atoms with Gasteiger partial charge in [0.15, 0.2) is 10.8 Å². The quantitative estimate of drug-likeness (QED) is 0.637. The van der Waals surface area contributed by atoms with Gasteiger partial charge in [0.25, 0.3) is 0 Å². The summed E-state index contributed by atoms with van der Waals surface area (Å²) < 4.78 is 7.01. The predicted molar refractivity (Wildman–Crippen MR) is 105 cm³/mol. The van der Waals surface area contributed by atoms with Gasteiger partial charge >= 0.3 is 5.97 Å². The number of benzene rings is 1. The zero-order valence-electron chi connectivity index (χ0n) is 14.8. The fraction of sp³-hybridized carbons (Fsp3) is 0.389. The second kappa shape index (κ2) is 8.05. The van der Waals surface area contributed by atoms with Crippen molar-refractivity contribution in [1.29, 1.82) is 0 Å². The van der Waals surface area contributed by atoms with Crippen LogP contribution in [0.15, 0.2) is 24.3 Å². The number of aromatic nitrogens is 2. The van der Waals surface area contributed by atoms with E-state index in [1.54, 1.807) is 6.92 Å². The van der Waals surface area contributed by atoms with Crippen molar-refractivity contribution >= 4 is 34.9 Å². The Bertz CT molecular complexity index is 819. The van der Waals surface area contributed by atoms with Crippen LogP contribution >= 0.6 is 23.8 Å². The van der Waals surface area contributed by atoms with Crippen molar-refractivity contribution in [2.24, 2.45) is 0 Å². The van der Waals surface area contributed by atoms with Crippen molar-refractivity contribution in [1.82, 2.24) is 20.0 Å². The molecule has 0 bridgehead atoms. The van der Waals surface area contributed by atoms with Gasteiger partial charge in [0.05, 0.1) is 18.0 Å². The Labute approximate surface area is 163 Å². The molecule has 1 aliphatic heterocycles. The number of carbonyl (C=O) groups excluding carboxylic acids is 1. The van der Waals surface area contributed by atoms with Gasteiger partial charge in [-0.25, -0.2) is 9.48 Å². The predicted octanol–water partition coefficient (Wildman–Crippen LogP) is 2.95. The van der Waals surface area contributed by atoms with Crippen LogP contribution in [0.5, 0.6) is 0 Å². The number of hydrogen-bond acceptors (Lipinski definition) is 4. The summed E-state index contributed by atoms with van der Waals surface area (Å²) in [6.45, 7) is 6.15. The van der Waals surface area contributed by atoms with Crippen LogP contribution in [0.25, 0.3) is 5.69 Å². The van der Waals surface area contributed by atoms with Crippen LogP contribution < -0.4 is 5.32 Å². The lowest BCUT2D eigenvalue weighted by Crippen LogP contribution is -2.42. The fourth-order valence-electron chi connectivity index (χ4n) is 3.01. The second-order valence-corrected chi connectivity index (χ2v) is 6.71. The number of fused-ring (bicyclic) bond motifs is 1. The maximum absolute atomic E-state index is 12.4. The molecule has 1 aromatic carbocycles. The molecule has 138 valence electrons. The molecule has 8 heteroatoms. The molecule has 0 aliphatic carbocycles. The maximum Gasteiger partial charge on any atom is 0.359 e. The fourth-order valence-corrected chi connectivity index (χ4v) is 3.44. The van der Waals surface area contributed by atoms with Crippen molar-refractivity contribution < 1.29 is 9.53 Å². The van der Waals surface area contributed by atoms with E-state index in [2.05, 4.69) is 15.3 Å². The molecule has 3 rings (SSSR count). The van der Waals surface area contributed by atoms with Crippen molar-refractivity contribution in [3.05, 3.63) is 46.2 Å². The SMILES string of the molecule is CCNC(=S)N1CCc2c(c(C(=O)OCC)nn2-c2ccc(Cl)cc2)C1. The molecule has 2 heterocycles. The van der Waals surface area contributed by atoms with Gasteiger partial charge in [-0.3, -0.25) is 0 Å². The molecule has 1 aliphatic rings. The first-order valence-corrected chi connectivity index (χ1v) is 9.40. The molecular weight excluding hydrogens is 372 g/mol. The number of rotatable bonds is 4. The summed E-state index contributed by atoms with van der Waals surface area (Å²) in [5.74, 6) is -0.410. The molecule has 0 unspecified atom stereocenters. The average molecular weight is 393 g/mol. The Kier molecular flexibility index (Phi) is 5.78.